The Bertz CT molecular complexity index is 661. The minimum Gasteiger partial charge on any atom is -0.347 e. The number of nitrogens with one attached hydrogen (secondary N) is 2. The Hall–Kier alpha value is -2.38. The maximum Gasteiger partial charge on any atom is 0.277 e. The van der Waals surface area contributed by atoms with Crippen molar-refractivity contribution in [3.05, 3.63) is 16.7 Å². The standard InChI is InChI=1S/C10H14N6O2.C3H8.2C2H6/c1-15(2)6(17)4-11-10-14-8-7(16(10)3)9(18)13-5-12-8;1-3-2;2*1-2/h5H,4H2,1-3H3,(H2,11,12,13,14,18);3H2,1-2H3;2*1-2H3. The van der Waals surface area contributed by atoms with Crippen LogP contribution in [0.2, 0.25) is 0 Å². The number of H-pyrrole nitrogens is 1. The molecule has 0 bridgehead atoms. The van der Waals surface area contributed by atoms with Crippen LogP contribution < -0.4 is 10.9 Å². The second-order valence-electron chi connectivity index (χ2n) is 4.75. The molecule has 0 aliphatic carbocycles. The summed E-state index contributed by atoms with van der Waals surface area (Å²) >= 11 is 0. The van der Waals surface area contributed by atoms with Gasteiger partial charge in [0, 0.05) is 21.1 Å². The number of carbonyl (C=O) groups excluding carboxylic acids is 1. The van der Waals surface area contributed by atoms with Gasteiger partial charge >= 0.3 is 0 Å². The molecule has 1 amide bonds. The Labute approximate surface area is 150 Å². The van der Waals surface area contributed by atoms with Gasteiger partial charge in [-0.05, 0) is 0 Å². The van der Waals surface area contributed by atoms with Gasteiger partial charge in [0.05, 0.1) is 12.9 Å². The van der Waals surface area contributed by atoms with Crippen molar-refractivity contribution < 1.29 is 4.79 Å². The van der Waals surface area contributed by atoms with Crippen molar-refractivity contribution in [2.75, 3.05) is 26.0 Å². The third-order valence-corrected chi connectivity index (χ3v) is 2.57. The molecule has 0 aliphatic rings. The first-order valence-electron chi connectivity index (χ1n) is 8.76. The van der Waals surface area contributed by atoms with Crippen LogP contribution in [-0.2, 0) is 11.8 Å². The van der Waals surface area contributed by atoms with Crippen molar-refractivity contribution in [2.45, 2.75) is 48.0 Å². The molecule has 0 aliphatic heterocycles. The first-order chi connectivity index (χ1) is 11.9. The highest BCUT2D eigenvalue weighted by molar-refractivity contribution is 5.81. The first-order valence-corrected chi connectivity index (χ1v) is 8.76. The molecule has 2 N–H and O–H groups in total. The summed E-state index contributed by atoms with van der Waals surface area (Å²) in [5, 5.41) is 2.88. The molecule has 0 fully saturated rings. The van der Waals surface area contributed by atoms with Crippen molar-refractivity contribution in [3.8, 4) is 0 Å². The summed E-state index contributed by atoms with van der Waals surface area (Å²) in [7, 11) is 5.03. The van der Waals surface area contributed by atoms with Gasteiger partial charge in [0.2, 0.25) is 11.9 Å². The third kappa shape index (κ3) is 7.82. The lowest BCUT2D eigenvalue weighted by molar-refractivity contribution is -0.126. The van der Waals surface area contributed by atoms with Crippen LogP contribution in [0.25, 0.3) is 11.2 Å². The number of fused-ring (bicyclic) bond motifs is 1. The second kappa shape index (κ2) is 14.0. The zero-order chi connectivity index (χ0) is 20.0. The smallest absolute Gasteiger partial charge is 0.277 e. The van der Waals surface area contributed by atoms with Crippen molar-refractivity contribution in [3.63, 3.8) is 0 Å². The van der Waals surface area contributed by atoms with Crippen LogP contribution in [0.5, 0.6) is 0 Å². The fraction of sp³-hybridized carbons (Fsp3) is 0.647. The van der Waals surface area contributed by atoms with E-state index < -0.39 is 0 Å². The monoisotopic (exact) mass is 354 g/mol. The third-order valence-electron chi connectivity index (χ3n) is 2.57. The number of carbonyl (C=O) groups is 1. The van der Waals surface area contributed by atoms with Crippen molar-refractivity contribution >= 4 is 23.0 Å². The van der Waals surface area contributed by atoms with Crippen LogP contribution in [0.1, 0.15) is 48.0 Å². The van der Waals surface area contributed by atoms with E-state index in [1.165, 1.54) is 17.6 Å². The Balaban J connectivity index is 0. The van der Waals surface area contributed by atoms with Crippen LogP contribution in [0.15, 0.2) is 11.1 Å². The fourth-order valence-electron chi connectivity index (χ4n) is 1.52. The van der Waals surface area contributed by atoms with E-state index in [1.54, 1.807) is 25.7 Å². The minimum atomic E-state index is -0.262. The SMILES string of the molecule is CC.CC.CCC.CN(C)C(=O)CNc1nc2nc[nH]c(=O)c2n1C. The largest absolute Gasteiger partial charge is 0.347 e. The predicted molar refractivity (Wildman–Crippen MR) is 105 cm³/mol. The zero-order valence-corrected chi connectivity index (χ0v) is 17.1. The van der Waals surface area contributed by atoms with Gasteiger partial charge in [-0.15, -0.1) is 0 Å². The molecule has 0 unspecified atom stereocenters. The molecule has 0 radical (unpaired) electrons. The van der Waals surface area contributed by atoms with Crippen LogP contribution in [0, 0.1) is 0 Å². The highest BCUT2D eigenvalue weighted by atomic mass is 16.2. The van der Waals surface area contributed by atoms with Crippen molar-refractivity contribution in [2.24, 2.45) is 7.05 Å². The molecule has 2 rings (SSSR count). The summed E-state index contributed by atoms with van der Waals surface area (Å²) in [6.45, 7) is 12.4. The van der Waals surface area contributed by atoms with Gasteiger partial charge in [0.1, 0.15) is 0 Å². The Morgan fingerprint density at radius 3 is 2.20 bits per heavy atom. The highest BCUT2D eigenvalue weighted by Crippen LogP contribution is 2.11. The average molecular weight is 354 g/mol. The molecule has 0 atom stereocenters. The van der Waals surface area contributed by atoms with E-state index in [4.69, 9.17) is 0 Å². The lowest BCUT2D eigenvalue weighted by Gasteiger charge is -2.11. The number of aryl methyl sites for hydroxylation is 1. The van der Waals surface area contributed by atoms with Crippen LogP contribution >= 0.6 is 0 Å². The number of amides is 1. The second-order valence-corrected chi connectivity index (χ2v) is 4.75. The molecule has 144 valence electrons. The fourth-order valence-corrected chi connectivity index (χ4v) is 1.52. The zero-order valence-electron chi connectivity index (χ0n) is 17.1. The Kier molecular flexibility index (Phi) is 13.9. The topological polar surface area (TPSA) is 95.9 Å². The average Bonchev–Trinajstić information content (AvgIpc) is 2.94. The first kappa shape index (κ1) is 24.9. The summed E-state index contributed by atoms with van der Waals surface area (Å²) in [6.07, 6.45) is 2.55. The number of anilines is 1. The molecule has 8 heteroatoms. The molecule has 0 aromatic carbocycles. The number of rotatable bonds is 3. The van der Waals surface area contributed by atoms with Gasteiger partial charge in [-0.3, -0.25) is 9.59 Å². The Morgan fingerprint density at radius 1 is 1.24 bits per heavy atom. The quantitative estimate of drug-likeness (QED) is 0.883. The molecule has 25 heavy (non-hydrogen) atoms. The molecular formula is C17H34N6O2. The number of aromatic nitrogens is 4. The maximum absolute atomic E-state index is 11.6. The summed E-state index contributed by atoms with van der Waals surface area (Å²) in [5.74, 6) is 0.355. The van der Waals surface area contributed by atoms with Gasteiger partial charge in [0.25, 0.3) is 5.56 Å². The predicted octanol–water partition coefficient (Wildman–Crippen LogP) is 2.63. The Morgan fingerprint density at radius 2 is 1.76 bits per heavy atom. The van der Waals surface area contributed by atoms with Gasteiger partial charge in [-0.1, -0.05) is 48.0 Å². The number of hydrogen-bond donors (Lipinski definition) is 2. The van der Waals surface area contributed by atoms with E-state index in [0.29, 0.717) is 17.1 Å². The number of nitrogens with zero attached hydrogens (tertiary/aromatic N) is 4. The summed E-state index contributed by atoms with van der Waals surface area (Å²) in [6, 6.07) is 0. The van der Waals surface area contributed by atoms with E-state index in [-0.39, 0.29) is 18.0 Å². The van der Waals surface area contributed by atoms with Crippen molar-refractivity contribution in [1.82, 2.24) is 24.4 Å². The van der Waals surface area contributed by atoms with Crippen molar-refractivity contribution in [1.29, 1.82) is 0 Å². The number of hydrogen-bond acceptors (Lipinski definition) is 5. The van der Waals surface area contributed by atoms with E-state index in [0.717, 1.165) is 0 Å². The maximum atomic E-state index is 11.6. The molecular weight excluding hydrogens is 320 g/mol. The van der Waals surface area contributed by atoms with Crippen LogP contribution in [0.3, 0.4) is 0 Å². The molecule has 2 aromatic rings. The summed E-state index contributed by atoms with van der Waals surface area (Å²) in [5.41, 5.74) is 0.459. The normalized spacial score (nSPS) is 8.84. The molecule has 8 nitrogen and oxygen atoms in total. The van der Waals surface area contributed by atoms with E-state index >= 15 is 0 Å². The number of likely N-dealkylation sites (N-methyl/N-ethyl adjacent to an activating group) is 1. The van der Waals surface area contributed by atoms with Gasteiger partial charge < -0.3 is 19.8 Å². The summed E-state index contributed by atoms with van der Waals surface area (Å²) in [4.78, 5) is 35.1. The number of imidazole rings is 1. The summed E-state index contributed by atoms with van der Waals surface area (Å²) < 4.78 is 1.57. The lowest BCUT2D eigenvalue weighted by atomic mass is 10.5. The molecule has 2 heterocycles. The highest BCUT2D eigenvalue weighted by Gasteiger charge is 2.12. The number of aromatic amines is 1. The van der Waals surface area contributed by atoms with Gasteiger partial charge in [-0.2, -0.15) is 4.98 Å². The molecule has 2 aromatic heterocycles. The minimum absolute atomic E-state index is 0.0797. The van der Waals surface area contributed by atoms with E-state index in [9.17, 15) is 9.59 Å². The molecule has 0 saturated heterocycles. The lowest BCUT2D eigenvalue weighted by Crippen LogP contribution is -2.29. The van der Waals surface area contributed by atoms with Crippen LogP contribution in [0.4, 0.5) is 5.95 Å². The van der Waals surface area contributed by atoms with Gasteiger partial charge in [0.15, 0.2) is 11.2 Å². The van der Waals surface area contributed by atoms with Gasteiger partial charge in [-0.25, -0.2) is 4.98 Å². The van der Waals surface area contributed by atoms with E-state index in [2.05, 4.69) is 34.1 Å². The van der Waals surface area contributed by atoms with Crippen LogP contribution in [-0.4, -0.2) is 51.0 Å². The molecule has 0 saturated carbocycles. The van der Waals surface area contributed by atoms with E-state index in [1.807, 2.05) is 27.7 Å². The molecule has 0 spiro atoms.